The van der Waals surface area contributed by atoms with E-state index in [2.05, 4.69) is 20.5 Å². The highest BCUT2D eigenvalue weighted by Crippen LogP contribution is 2.42. The van der Waals surface area contributed by atoms with Crippen molar-refractivity contribution in [1.29, 1.82) is 0 Å². The fourth-order valence-electron chi connectivity index (χ4n) is 7.47. The molecule has 15 heteroatoms. The number of nitrogens with one attached hydrogen (secondary N) is 2. The normalized spacial score (nSPS) is 16.8. The van der Waals surface area contributed by atoms with Crippen LogP contribution in [0.15, 0.2) is 54.7 Å². The Labute approximate surface area is 323 Å². The van der Waals surface area contributed by atoms with Crippen LogP contribution < -0.4 is 20.1 Å². The van der Waals surface area contributed by atoms with E-state index in [0.717, 1.165) is 25.2 Å². The third-order valence-electron chi connectivity index (χ3n) is 10.3. The van der Waals surface area contributed by atoms with Crippen LogP contribution in [-0.2, 0) is 27.4 Å². The lowest BCUT2D eigenvalue weighted by atomic mass is 9.79. The van der Waals surface area contributed by atoms with Gasteiger partial charge in [0.1, 0.15) is 6.10 Å². The number of likely N-dealkylation sites (tertiary alicyclic amines) is 2. The first kappa shape index (κ1) is 37.3. The van der Waals surface area contributed by atoms with Crippen molar-refractivity contribution in [2.24, 2.45) is 5.41 Å². The fraction of sp³-hybridized carbons (Fsp3) is 0.385. The van der Waals surface area contributed by atoms with Crippen molar-refractivity contribution in [2.75, 3.05) is 46.9 Å². The number of piperidine rings is 1. The summed E-state index contributed by atoms with van der Waals surface area (Å²) in [5, 5.41) is 6.50. The number of carbonyl (C=O) groups excluding carboxylic acids is 3. The Hall–Kier alpha value is -4.98. The van der Waals surface area contributed by atoms with E-state index >= 15 is 0 Å². The Morgan fingerprint density at radius 3 is 2.20 bits per heavy atom. The number of aromatic nitrogens is 3. The average molecular weight is 775 g/mol. The van der Waals surface area contributed by atoms with Gasteiger partial charge in [0.15, 0.2) is 0 Å². The molecule has 0 unspecified atom stereocenters. The summed E-state index contributed by atoms with van der Waals surface area (Å²) in [7, 11) is 3.11. The van der Waals surface area contributed by atoms with Crippen molar-refractivity contribution >= 4 is 41.1 Å². The van der Waals surface area contributed by atoms with Gasteiger partial charge in [-0.1, -0.05) is 47.5 Å². The Morgan fingerprint density at radius 2 is 1.56 bits per heavy atom. The summed E-state index contributed by atoms with van der Waals surface area (Å²) in [5.41, 5.74) is 5.22. The third-order valence-corrected chi connectivity index (χ3v) is 11.0. The van der Waals surface area contributed by atoms with E-state index in [0.29, 0.717) is 100 Å². The third kappa shape index (κ3) is 7.80. The average Bonchev–Trinajstić information content (AvgIpc) is 3.56. The van der Waals surface area contributed by atoms with Gasteiger partial charge in [-0.15, -0.1) is 0 Å². The number of amides is 3. The van der Waals surface area contributed by atoms with Crippen molar-refractivity contribution in [1.82, 2.24) is 35.4 Å². The van der Waals surface area contributed by atoms with Crippen LogP contribution in [0.5, 0.6) is 11.8 Å². The SMILES string of the molecule is COc1nc(-c2cccc(-c3nccc(-c4ccc(CNC(=O)OC5CCN(C(C)=O)CC5)c(OC)n4)c3Cl)c2Cl)ccc1CN1CC2(CNC(=O)C2)C1. The van der Waals surface area contributed by atoms with Gasteiger partial charge in [0.25, 0.3) is 0 Å². The minimum absolute atomic E-state index is 0.0229. The standard InChI is InChI=1S/C39H41Cl2N7O6/c1-23(49)48-15-12-26(13-16-48)54-38(51)43-18-24-7-9-31(45-36(24)52-2)28-11-14-42-35(34(28)41)29-6-4-5-27(33(29)40)30-10-8-25(37(46-30)53-3)19-47-21-39(22-47)17-32(50)44-20-39/h4-11,14,26H,12-13,15-22H2,1-3H3,(H,43,51)(H,44,50). The minimum Gasteiger partial charge on any atom is -0.481 e. The molecular formula is C39H41Cl2N7O6. The highest BCUT2D eigenvalue weighted by Gasteiger charge is 2.48. The molecule has 3 aromatic heterocycles. The number of nitrogens with zero attached hydrogens (tertiary/aromatic N) is 5. The quantitative estimate of drug-likeness (QED) is 0.204. The van der Waals surface area contributed by atoms with Gasteiger partial charge in [-0.25, -0.2) is 14.8 Å². The number of alkyl carbamates (subject to hydrolysis) is 1. The lowest BCUT2D eigenvalue weighted by Crippen LogP contribution is -2.56. The molecule has 0 saturated carbocycles. The number of methoxy groups -OCH3 is 2. The van der Waals surface area contributed by atoms with Gasteiger partial charge in [-0.3, -0.25) is 19.5 Å². The zero-order chi connectivity index (χ0) is 38.0. The Balaban J connectivity index is 1.05. The lowest BCUT2D eigenvalue weighted by molar-refractivity contribution is -0.130. The summed E-state index contributed by atoms with van der Waals surface area (Å²) in [6, 6.07) is 14.9. The number of rotatable bonds is 10. The molecule has 0 atom stereocenters. The van der Waals surface area contributed by atoms with E-state index in [-0.39, 0.29) is 29.9 Å². The molecule has 282 valence electrons. The largest absolute Gasteiger partial charge is 0.481 e. The molecule has 4 aromatic rings. The van der Waals surface area contributed by atoms with Crippen molar-refractivity contribution in [3.8, 4) is 45.5 Å². The Kier molecular flexibility index (Phi) is 10.9. The van der Waals surface area contributed by atoms with Crippen LogP contribution in [-0.4, -0.2) is 95.7 Å². The first-order chi connectivity index (χ1) is 26.1. The predicted octanol–water partition coefficient (Wildman–Crippen LogP) is 5.76. The number of pyridine rings is 3. The maximum absolute atomic E-state index is 12.6. The zero-order valence-electron chi connectivity index (χ0n) is 30.3. The molecule has 2 N–H and O–H groups in total. The molecule has 1 spiro atoms. The van der Waals surface area contributed by atoms with E-state index in [1.165, 1.54) is 14.0 Å². The number of halogens is 2. The van der Waals surface area contributed by atoms with Gasteiger partial charge >= 0.3 is 6.09 Å². The molecular weight excluding hydrogens is 733 g/mol. The maximum Gasteiger partial charge on any atom is 0.407 e. The number of benzene rings is 1. The van der Waals surface area contributed by atoms with Crippen molar-refractivity contribution in [3.63, 3.8) is 0 Å². The van der Waals surface area contributed by atoms with Gasteiger partial charge in [0.05, 0.1) is 47.9 Å². The molecule has 7 rings (SSSR count). The van der Waals surface area contributed by atoms with Crippen LogP contribution in [0, 0.1) is 5.41 Å². The first-order valence-electron chi connectivity index (χ1n) is 17.8. The molecule has 0 radical (unpaired) electrons. The summed E-state index contributed by atoms with van der Waals surface area (Å²) < 4.78 is 16.9. The molecule has 3 saturated heterocycles. The summed E-state index contributed by atoms with van der Waals surface area (Å²) in [6.45, 7) is 5.90. The molecule has 6 heterocycles. The maximum atomic E-state index is 12.6. The second kappa shape index (κ2) is 15.8. The Bertz CT molecular complexity index is 2080. The van der Waals surface area contributed by atoms with E-state index in [1.807, 2.05) is 36.4 Å². The summed E-state index contributed by atoms with van der Waals surface area (Å²) in [4.78, 5) is 54.1. The smallest absolute Gasteiger partial charge is 0.407 e. The highest BCUT2D eigenvalue weighted by atomic mass is 35.5. The second-order valence-corrected chi connectivity index (χ2v) is 14.7. The summed E-state index contributed by atoms with van der Waals surface area (Å²) in [5.74, 6) is 0.975. The molecule has 3 aliphatic heterocycles. The lowest BCUT2D eigenvalue weighted by Gasteiger charge is -2.47. The van der Waals surface area contributed by atoms with Gasteiger partial charge < -0.3 is 29.7 Å². The molecule has 54 heavy (non-hydrogen) atoms. The van der Waals surface area contributed by atoms with Gasteiger partial charge in [0.2, 0.25) is 23.6 Å². The highest BCUT2D eigenvalue weighted by molar-refractivity contribution is 6.39. The van der Waals surface area contributed by atoms with Crippen molar-refractivity contribution < 1.29 is 28.6 Å². The monoisotopic (exact) mass is 773 g/mol. The van der Waals surface area contributed by atoms with Gasteiger partial charge in [-0.05, 0) is 24.3 Å². The molecule has 3 fully saturated rings. The summed E-state index contributed by atoms with van der Waals surface area (Å²) in [6.07, 6.45) is 2.62. The van der Waals surface area contributed by atoms with E-state index < -0.39 is 6.09 Å². The molecule has 13 nitrogen and oxygen atoms in total. The van der Waals surface area contributed by atoms with Crippen LogP contribution in [0.1, 0.15) is 37.3 Å². The van der Waals surface area contributed by atoms with Crippen LogP contribution >= 0.6 is 23.2 Å². The van der Waals surface area contributed by atoms with Crippen LogP contribution in [0.25, 0.3) is 33.8 Å². The van der Waals surface area contributed by atoms with E-state index in [1.54, 1.807) is 30.3 Å². The van der Waals surface area contributed by atoms with Crippen LogP contribution in [0.3, 0.4) is 0 Å². The number of hydrogen-bond donors (Lipinski definition) is 2. The molecule has 1 aromatic carbocycles. The number of hydrogen-bond acceptors (Lipinski definition) is 10. The second-order valence-electron chi connectivity index (χ2n) is 14.0. The molecule has 3 aliphatic rings. The van der Waals surface area contributed by atoms with E-state index in [4.69, 9.17) is 47.4 Å². The molecule has 0 aliphatic carbocycles. The molecule has 0 bridgehead atoms. The van der Waals surface area contributed by atoms with Gasteiger partial charge in [0, 0.05) is 105 Å². The van der Waals surface area contributed by atoms with Crippen LogP contribution in [0.2, 0.25) is 10.0 Å². The fourth-order valence-corrected chi connectivity index (χ4v) is 8.09. The van der Waals surface area contributed by atoms with Crippen LogP contribution in [0.4, 0.5) is 4.79 Å². The number of carbonyl (C=O) groups is 3. The van der Waals surface area contributed by atoms with Gasteiger partial charge in [-0.2, -0.15) is 0 Å². The Morgan fingerprint density at radius 1 is 0.907 bits per heavy atom. The molecule has 3 amide bonds. The number of ether oxygens (including phenoxy) is 3. The van der Waals surface area contributed by atoms with E-state index in [9.17, 15) is 14.4 Å². The van der Waals surface area contributed by atoms with Crippen molar-refractivity contribution in [3.05, 3.63) is 75.9 Å². The minimum atomic E-state index is -0.547. The summed E-state index contributed by atoms with van der Waals surface area (Å²) >= 11 is 14.1. The van der Waals surface area contributed by atoms with Crippen molar-refractivity contribution in [2.45, 2.75) is 45.4 Å². The zero-order valence-corrected chi connectivity index (χ0v) is 31.8. The first-order valence-corrected chi connectivity index (χ1v) is 18.5. The topological polar surface area (TPSA) is 148 Å². The predicted molar refractivity (Wildman–Crippen MR) is 203 cm³/mol.